The van der Waals surface area contributed by atoms with Crippen LogP contribution in [-0.2, 0) is 21.2 Å². The van der Waals surface area contributed by atoms with Crippen molar-refractivity contribution in [2.75, 3.05) is 38.2 Å². The molecule has 142 valence electrons. The molecule has 2 aromatic carbocycles. The fourth-order valence-electron chi connectivity index (χ4n) is 3.20. The number of ether oxygens (including phenoxy) is 2. The average molecular weight is 388 g/mol. The van der Waals surface area contributed by atoms with Crippen LogP contribution in [0.4, 0.5) is 5.69 Å². The molecule has 4 rings (SSSR count). The first kappa shape index (κ1) is 18.0. The van der Waals surface area contributed by atoms with Gasteiger partial charge in [-0.25, -0.2) is 8.42 Å². The van der Waals surface area contributed by atoms with Crippen LogP contribution < -0.4 is 10.1 Å². The lowest BCUT2D eigenvalue weighted by Crippen LogP contribution is -2.40. The van der Waals surface area contributed by atoms with Gasteiger partial charge in [0.1, 0.15) is 5.75 Å². The number of morpholine rings is 1. The van der Waals surface area contributed by atoms with Crippen molar-refractivity contribution in [2.24, 2.45) is 0 Å². The maximum absolute atomic E-state index is 12.8. The lowest BCUT2D eigenvalue weighted by Gasteiger charge is -2.26. The second-order valence-electron chi connectivity index (χ2n) is 6.42. The van der Waals surface area contributed by atoms with E-state index >= 15 is 0 Å². The van der Waals surface area contributed by atoms with E-state index in [9.17, 15) is 13.2 Å². The molecule has 27 heavy (non-hydrogen) atoms. The Bertz CT molecular complexity index is 968. The number of benzene rings is 2. The predicted octanol–water partition coefficient (Wildman–Crippen LogP) is 1.89. The van der Waals surface area contributed by atoms with Crippen molar-refractivity contribution in [1.82, 2.24) is 4.31 Å². The van der Waals surface area contributed by atoms with Gasteiger partial charge in [0.2, 0.25) is 10.0 Å². The molecule has 0 atom stereocenters. The first-order valence-electron chi connectivity index (χ1n) is 8.79. The highest BCUT2D eigenvalue weighted by Gasteiger charge is 2.26. The normalized spacial score (nSPS) is 17.2. The summed E-state index contributed by atoms with van der Waals surface area (Å²) in [4.78, 5) is 12.7. The minimum Gasteiger partial charge on any atom is -0.493 e. The van der Waals surface area contributed by atoms with Crippen LogP contribution in [0.5, 0.6) is 5.75 Å². The third-order valence-corrected chi connectivity index (χ3v) is 6.55. The second kappa shape index (κ2) is 7.30. The van der Waals surface area contributed by atoms with E-state index in [0.29, 0.717) is 44.2 Å². The number of nitrogens with one attached hydrogen (secondary N) is 1. The minimum atomic E-state index is -3.61. The van der Waals surface area contributed by atoms with Crippen molar-refractivity contribution < 1.29 is 22.7 Å². The standard InChI is InChI=1S/C19H20N2O5S/c22-19(15-4-5-18-14(12-15)6-9-26-18)20-16-2-1-3-17(13-16)27(23,24)21-7-10-25-11-8-21/h1-5,12-13H,6-11H2,(H,20,22). The summed E-state index contributed by atoms with van der Waals surface area (Å²) in [7, 11) is -3.61. The Labute approximate surface area is 157 Å². The SMILES string of the molecule is O=C(Nc1cccc(S(=O)(=O)N2CCOCC2)c1)c1ccc2c(c1)CCO2. The minimum absolute atomic E-state index is 0.157. The molecule has 1 amide bonds. The molecule has 2 aliphatic rings. The number of fused-ring (bicyclic) bond motifs is 1. The van der Waals surface area contributed by atoms with Gasteiger partial charge in [-0.1, -0.05) is 6.07 Å². The van der Waals surface area contributed by atoms with Crippen LogP contribution in [0.25, 0.3) is 0 Å². The van der Waals surface area contributed by atoms with E-state index in [1.54, 1.807) is 24.3 Å². The summed E-state index contributed by atoms with van der Waals surface area (Å²) in [6.07, 6.45) is 0.781. The summed E-state index contributed by atoms with van der Waals surface area (Å²) < 4.78 is 37.6. The summed E-state index contributed by atoms with van der Waals surface area (Å²) >= 11 is 0. The van der Waals surface area contributed by atoms with E-state index in [-0.39, 0.29) is 10.8 Å². The van der Waals surface area contributed by atoms with E-state index in [4.69, 9.17) is 9.47 Å². The maximum atomic E-state index is 12.8. The Balaban J connectivity index is 1.53. The average Bonchev–Trinajstić information content (AvgIpc) is 3.16. The van der Waals surface area contributed by atoms with E-state index in [0.717, 1.165) is 17.7 Å². The molecule has 1 saturated heterocycles. The molecule has 0 aromatic heterocycles. The van der Waals surface area contributed by atoms with Gasteiger partial charge >= 0.3 is 0 Å². The van der Waals surface area contributed by atoms with Gasteiger partial charge in [0.15, 0.2) is 0 Å². The Morgan fingerprint density at radius 3 is 2.67 bits per heavy atom. The number of amides is 1. The Morgan fingerprint density at radius 2 is 1.85 bits per heavy atom. The molecule has 1 fully saturated rings. The number of anilines is 1. The maximum Gasteiger partial charge on any atom is 0.255 e. The van der Waals surface area contributed by atoms with Crippen molar-refractivity contribution in [3.63, 3.8) is 0 Å². The third-order valence-electron chi connectivity index (χ3n) is 4.65. The molecular weight excluding hydrogens is 368 g/mol. The van der Waals surface area contributed by atoms with Gasteiger partial charge in [-0.2, -0.15) is 4.31 Å². The van der Waals surface area contributed by atoms with E-state index in [1.165, 1.54) is 16.4 Å². The third kappa shape index (κ3) is 3.69. The first-order chi connectivity index (χ1) is 13.0. The molecule has 0 spiro atoms. The van der Waals surface area contributed by atoms with Crippen molar-refractivity contribution in [3.8, 4) is 5.75 Å². The van der Waals surface area contributed by atoms with Crippen LogP contribution in [0.3, 0.4) is 0 Å². The molecule has 2 aliphatic heterocycles. The van der Waals surface area contributed by atoms with Crippen LogP contribution in [-0.4, -0.2) is 51.5 Å². The number of carbonyl (C=O) groups excluding carboxylic acids is 1. The van der Waals surface area contributed by atoms with E-state index in [1.807, 2.05) is 6.07 Å². The smallest absolute Gasteiger partial charge is 0.255 e. The fourth-order valence-corrected chi connectivity index (χ4v) is 4.66. The number of hydrogen-bond acceptors (Lipinski definition) is 5. The van der Waals surface area contributed by atoms with E-state index in [2.05, 4.69) is 5.32 Å². The van der Waals surface area contributed by atoms with Gasteiger partial charge < -0.3 is 14.8 Å². The molecule has 0 bridgehead atoms. The summed E-state index contributed by atoms with van der Waals surface area (Å²) in [5.41, 5.74) is 1.96. The molecule has 2 aromatic rings. The highest BCUT2D eigenvalue weighted by atomic mass is 32.2. The molecule has 0 saturated carbocycles. The number of sulfonamides is 1. The second-order valence-corrected chi connectivity index (χ2v) is 8.36. The van der Waals surface area contributed by atoms with Crippen LogP contribution in [0.15, 0.2) is 47.4 Å². The van der Waals surface area contributed by atoms with Gasteiger partial charge in [-0.3, -0.25) is 4.79 Å². The number of rotatable bonds is 4. The summed E-state index contributed by atoms with van der Waals surface area (Å²) in [6, 6.07) is 11.6. The van der Waals surface area contributed by atoms with Gasteiger partial charge in [-0.05, 0) is 42.0 Å². The molecule has 0 radical (unpaired) electrons. The van der Waals surface area contributed by atoms with Crippen molar-refractivity contribution in [3.05, 3.63) is 53.6 Å². The highest BCUT2D eigenvalue weighted by Crippen LogP contribution is 2.26. The lowest BCUT2D eigenvalue weighted by molar-refractivity contribution is 0.0730. The molecule has 0 unspecified atom stereocenters. The van der Waals surface area contributed by atoms with Crippen LogP contribution >= 0.6 is 0 Å². The van der Waals surface area contributed by atoms with Gasteiger partial charge in [0, 0.05) is 30.8 Å². The van der Waals surface area contributed by atoms with Crippen molar-refractivity contribution in [1.29, 1.82) is 0 Å². The largest absolute Gasteiger partial charge is 0.493 e. The van der Waals surface area contributed by atoms with Gasteiger partial charge in [0.05, 0.1) is 24.7 Å². The fraction of sp³-hybridized carbons (Fsp3) is 0.316. The number of hydrogen-bond donors (Lipinski definition) is 1. The summed E-state index contributed by atoms with van der Waals surface area (Å²) in [5.74, 6) is 0.524. The molecule has 7 nitrogen and oxygen atoms in total. The Hall–Kier alpha value is -2.42. The predicted molar refractivity (Wildman–Crippen MR) is 99.6 cm³/mol. The van der Waals surface area contributed by atoms with Crippen molar-refractivity contribution >= 4 is 21.6 Å². The van der Waals surface area contributed by atoms with Crippen LogP contribution in [0, 0.1) is 0 Å². The molecule has 1 N–H and O–H groups in total. The monoisotopic (exact) mass is 388 g/mol. The molecule has 8 heteroatoms. The first-order valence-corrected chi connectivity index (χ1v) is 10.2. The number of carbonyl (C=O) groups is 1. The van der Waals surface area contributed by atoms with E-state index < -0.39 is 10.0 Å². The Morgan fingerprint density at radius 1 is 1.04 bits per heavy atom. The number of nitrogens with zero attached hydrogens (tertiary/aromatic N) is 1. The highest BCUT2D eigenvalue weighted by molar-refractivity contribution is 7.89. The molecule has 2 heterocycles. The molecule has 0 aliphatic carbocycles. The Kier molecular flexibility index (Phi) is 4.86. The van der Waals surface area contributed by atoms with Gasteiger partial charge in [0.25, 0.3) is 5.91 Å². The van der Waals surface area contributed by atoms with Crippen molar-refractivity contribution in [2.45, 2.75) is 11.3 Å². The molecular formula is C19H20N2O5S. The zero-order chi connectivity index (χ0) is 18.9. The summed E-state index contributed by atoms with van der Waals surface area (Å²) in [5, 5.41) is 2.78. The van der Waals surface area contributed by atoms with Gasteiger partial charge in [-0.15, -0.1) is 0 Å². The zero-order valence-electron chi connectivity index (χ0n) is 14.7. The quantitative estimate of drug-likeness (QED) is 0.865. The zero-order valence-corrected chi connectivity index (χ0v) is 15.5. The topological polar surface area (TPSA) is 84.9 Å². The van der Waals surface area contributed by atoms with Crippen LogP contribution in [0.1, 0.15) is 15.9 Å². The lowest BCUT2D eigenvalue weighted by atomic mass is 10.1. The summed E-state index contributed by atoms with van der Waals surface area (Å²) in [6.45, 7) is 2.06. The van der Waals surface area contributed by atoms with Crippen LogP contribution in [0.2, 0.25) is 0 Å².